The first kappa shape index (κ1) is 16.0. The van der Waals surface area contributed by atoms with Crippen molar-refractivity contribution in [2.24, 2.45) is 4.99 Å². The van der Waals surface area contributed by atoms with Crippen molar-refractivity contribution >= 4 is 34.9 Å². The molecule has 1 amide bonds. The molecule has 0 aromatic heterocycles. The largest absolute Gasteiger partial charge is 0.507 e. The standard InChI is InChI=1S/C14H13FN2O4S/c15-9-3-4-10(18)8(6-9)7-11-13(21)17-14(22-11)16-5-1-2-12(19)20/h3-4,6-7,18H,1-2,5H2,(H,19,20)(H,16,17,21)/b11-7-. The highest BCUT2D eigenvalue weighted by Gasteiger charge is 2.23. The zero-order valence-corrected chi connectivity index (χ0v) is 12.2. The highest BCUT2D eigenvalue weighted by Crippen LogP contribution is 2.29. The fourth-order valence-electron chi connectivity index (χ4n) is 1.69. The minimum absolute atomic E-state index is 0.00918. The molecule has 1 aromatic carbocycles. The van der Waals surface area contributed by atoms with Gasteiger partial charge in [-0.3, -0.25) is 14.6 Å². The minimum atomic E-state index is -0.898. The lowest BCUT2D eigenvalue weighted by molar-refractivity contribution is -0.137. The topological polar surface area (TPSA) is 99.0 Å². The molecule has 1 aliphatic rings. The van der Waals surface area contributed by atoms with Gasteiger partial charge in [0, 0.05) is 18.5 Å². The third-order valence-electron chi connectivity index (χ3n) is 2.73. The van der Waals surface area contributed by atoms with Gasteiger partial charge in [0.25, 0.3) is 5.91 Å². The van der Waals surface area contributed by atoms with Gasteiger partial charge in [-0.05, 0) is 42.5 Å². The number of hydrogen-bond donors (Lipinski definition) is 3. The summed E-state index contributed by atoms with van der Waals surface area (Å²) in [6, 6.07) is 3.45. The second-order valence-corrected chi connectivity index (χ2v) is 5.48. The van der Waals surface area contributed by atoms with Crippen molar-refractivity contribution < 1.29 is 24.2 Å². The molecular formula is C14H13FN2O4S. The molecule has 0 radical (unpaired) electrons. The van der Waals surface area contributed by atoms with Gasteiger partial charge in [0.15, 0.2) is 5.17 Å². The number of carboxylic acids is 1. The van der Waals surface area contributed by atoms with Crippen molar-refractivity contribution in [2.75, 3.05) is 6.54 Å². The van der Waals surface area contributed by atoms with Crippen LogP contribution in [0.4, 0.5) is 4.39 Å². The van der Waals surface area contributed by atoms with Crippen molar-refractivity contribution in [3.05, 3.63) is 34.5 Å². The highest BCUT2D eigenvalue weighted by atomic mass is 32.2. The van der Waals surface area contributed by atoms with Crippen LogP contribution < -0.4 is 5.32 Å². The number of carbonyl (C=O) groups is 2. The van der Waals surface area contributed by atoms with Crippen LogP contribution >= 0.6 is 11.8 Å². The zero-order chi connectivity index (χ0) is 16.1. The Morgan fingerprint density at radius 1 is 1.45 bits per heavy atom. The first-order chi connectivity index (χ1) is 10.5. The van der Waals surface area contributed by atoms with Crippen molar-refractivity contribution in [1.29, 1.82) is 0 Å². The Bertz CT molecular complexity index is 673. The van der Waals surface area contributed by atoms with Crippen LogP contribution in [0, 0.1) is 5.82 Å². The summed E-state index contributed by atoms with van der Waals surface area (Å²) in [5, 5.41) is 21.0. The van der Waals surface area contributed by atoms with Crippen LogP contribution in [0.1, 0.15) is 18.4 Å². The van der Waals surface area contributed by atoms with Crippen LogP contribution in [0.25, 0.3) is 6.08 Å². The summed E-state index contributed by atoms with van der Waals surface area (Å²) < 4.78 is 13.1. The summed E-state index contributed by atoms with van der Waals surface area (Å²) in [7, 11) is 0. The van der Waals surface area contributed by atoms with Gasteiger partial charge in [0.2, 0.25) is 0 Å². The number of hydrogen-bond acceptors (Lipinski definition) is 5. The van der Waals surface area contributed by atoms with E-state index in [2.05, 4.69) is 10.3 Å². The van der Waals surface area contributed by atoms with E-state index in [0.717, 1.165) is 23.9 Å². The van der Waals surface area contributed by atoms with Crippen molar-refractivity contribution in [3.8, 4) is 5.75 Å². The lowest BCUT2D eigenvalue weighted by Gasteiger charge is -1.99. The van der Waals surface area contributed by atoms with E-state index in [1.165, 1.54) is 12.1 Å². The number of aliphatic imine (C=N–C) groups is 1. The predicted octanol–water partition coefficient (Wildman–Crippen LogP) is 1.96. The number of phenolic OH excluding ortho intramolecular Hbond substituents is 1. The maximum Gasteiger partial charge on any atom is 0.303 e. The maximum absolute atomic E-state index is 13.1. The van der Waals surface area contributed by atoms with Gasteiger partial charge in [0.05, 0.1) is 4.91 Å². The van der Waals surface area contributed by atoms with Crippen molar-refractivity contribution in [2.45, 2.75) is 12.8 Å². The number of aromatic hydroxyl groups is 1. The molecule has 116 valence electrons. The second kappa shape index (κ2) is 7.08. The number of carbonyl (C=O) groups excluding carboxylic acids is 1. The Morgan fingerprint density at radius 3 is 2.95 bits per heavy atom. The minimum Gasteiger partial charge on any atom is -0.507 e. The number of rotatable bonds is 5. The average molecular weight is 324 g/mol. The van der Waals surface area contributed by atoms with E-state index >= 15 is 0 Å². The van der Waals surface area contributed by atoms with E-state index in [-0.39, 0.29) is 29.2 Å². The average Bonchev–Trinajstić information content (AvgIpc) is 2.79. The number of amides is 1. The zero-order valence-electron chi connectivity index (χ0n) is 11.4. The Kier molecular flexibility index (Phi) is 5.16. The molecule has 2 rings (SSSR count). The molecule has 1 aromatic rings. The van der Waals surface area contributed by atoms with Crippen molar-refractivity contribution in [1.82, 2.24) is 5.32 Å². The summed E-state index contributed by atoms with van der Waals surface area (Å²) in [6.45, 7) is 0.285. The van der Waals surface area contributed by atoms with Crippen LogP contribution in [0.15, 0.2) is 28.1 Å². The third kappa shape index (κ3) is 4.32. The Balaban J connectivity index is 2.06. The lowest BCUT2D eigenvalue weighted by Crippen LogP contribution is -2.20. The Morgan fingerprint density at radius 2 is 2.23 bits per heavy atom. The van der Waals surface area contributed by atoms with Crippen LogP contribution in [0.5, 0.6) is 5.75 Å². The van der Waals surface area contributed by atoms with E-state index in [9.17, 15) is 19.1 Å². The number of thioether (sulfide) groups is 1. The molecule has 22 heavy (non-hydrogen) atoms. The molecule has 1 heterocycles. The van der Waals surface area contributed by atoms with Gasteiger partial charge < -0.3 is 15.5 Å². The number of phenols is 1. The summed E-state index contributed by atoms with van der Waals surface area (Å²) in [5.74, 6) is -1.94. The SMILES string of the molecule is O=C(O)CCCN=C1NC(=O)/C(=C/c2cc(F)ccc2O)S1. The van der Waals surface area contributed by atoms with E-state index in [1.54, 1.807) is 0 Å². The van der Waals surface area contributed by atoms with Crippen LogP contribution in [-0.2, 0) is 9.59 Å². The summed E-state index contributed by atoms with van der Waals surface area (Å²) in [5.41, 5.74) is 0.199. The van der Waals surface area contributed by atoms with E-state index in [0.29, 0.717) is 11.6 Å². The number of nitrogens with zero attached hydrogens (tertiary/aromatic N) is 1. The Labute approximate surface area is 129 Å². The number of amidine groups is 1. The quantitative estimate of drug-likeness (QED) is 0.568. The molecule has 1 fully saturated rings. The third-order valence-corrected chi connectivity index (χ3v) is 3.68. The summed E-state index contributed by atoms with van der Waals surface area (Å²) in [4.78, 5) is 26.5. The molecule has 0 aliphatic carbocycles. The molecular weight excluding hydrogens is 311 g/mol. The number of benzene rings is 1. The Hall–Kier alpha value is -2.35. The van der Waals surface area contributed by atoms with Crippen LogP contribution in [0.3, 0.4) is 0 Å². The number of carboxylic acid groups (broad SMARTS) is 1. The molecule has 6 nitrogen and oxygen atoms in total. The number of halogens is 1. The van der Waals surface area contributed by atoms with Crippen LogP contribution in [0.2, 0.25) is 0 Å². The fourth-order valence-corrected chi connectivity index (χ4v) is 2.53. The normalized spacial score (nSPS) is 18.0. The predicted molar refractivity (Wildman–Crippen MR) is 80.9 cm³/mol. The van der Waals surface area contributed by atoms with E-state index in [4.69, 9.17) is 5.11 Å². The monoisotopic (exact) mass is 324 g/mol. The smallest absolute Gasteiger partial charge is 0.303 e. The molecule has 0 spiro atoms. The molecule has 0 saturated carbocycles. The molecule has 0 atom stereocenters. The van der Waals surface area contributed by atoms with E-state index < -0.39 is 17.7 Å². The van der Waals surface area contributed by atoms with Gasteiger partial charge in [-0.1, -0.05) is 0 Å². The molecule has 3 N–H and O–H groups in total. The molecule has 8 heteroatoms. The maximum atomic E-state index is 13.1. The number of nitrogens with one attached hydrogen (secondary N) is 1. The van der Waals surface area contributed by atoms with Gasteiger partial charge >= 0.3 is 5.97 Å². The van der Waals surface area contributed by atoms with Crippen LogP contribution in [-0.4, -0.2) is 33.8 Å². The second-order valence-electron chi connectivity index (χ2n) is 4.45. The first-order valence-corrected chi connectivity index (χ1v) is 7.23. The molecule has 0 unspecified atom stereocenters. The molecule has 0 bridgehead atoms. The number of aliphatic carboxylic acids is 1. The summed E-state index contributed by atoms with van der Waals surface area (Å²) >= 11 is 1.06. The molecule has 1 saturated heterocycles. The van der Waals surface area contributed by atoms with Gasteiger partial charge in [-0.15, -0.1) is 0 Å². The first-order valence-electron chi connectivity index (χ1n) is 6.41. The molecule has 1 aliphatic heterocycles. The van der Waals surface area contributed by atoms with Gasteiger partial charge in [0.1, 0.15) is 11.6 Å². The summed E-state index contributed by atoms with van der Waals surface area (Å²) in [6.07, 6.45) is 1.76. The lowest BCUT2D eigenvalue weighted by atomic mass is 10.2. The van der Waals surface area contributed by atoms with Crippen molar-refractivity contribution in [3.63, 3.8) is 0 Å². The van der Waals surface area contributed by atoms with Gasteiger partial charge in [-0.25, -0.2) is 4.39 Å². The van der Waals surface area contributed by atoms with E-state index in [1.807, 2.05) is 0 Å². The fraction of sp³-hybridized carbons (Fsp3) is 0.214. The van der Waals surface area contributed by atoms with Gasteiger partial charge in [-0.2, -0.15) is 0 Å². The highest BCUT2D eigenvalue weighted by molar-refractivity contribution is 8.18.